The van der Waals surface area contributed by atoms with E-state index in [9.17, 15) is 19.1 Å². The Morgan fingerprint density at radius 2 is 2.00 bits per heavy atom. The van der Waals surface area contributed by atoms with Gasteiger partial charge in [0.2, 0.25) is 0 Å². The van der Waals surface area contributed by atoms with E-state index < -0.39 is 17.8 Å². The minimum absolute atomic E-state index is 0.0199. The van der Waals surface area contributed by atoms with E-state index in [2.05, 4.69) is 9.72 Å². The van der Waals surface area contributed by atoms with Gasteiger partial charge in [0.25, 0.3) is 0 Å². The van der Waals surface area contributed by atoms with Gasteiger partial charge < -0.3 is 9.84 Å². The average molecular weight is 310 g/mol. The van der Waals surface area contributed by atoms with Crippen LogP contribution >= 0.6 is 11.6 Å². The Labute approximate surface area is 124 Å². The zero-order chi connectivity index (χ0) is 15.6. The van der Waals surface area contributed by atoms with Crippen LogP contribution in [-0.2, 0) is 4.74 Å². The molecule has 0 unspecified atom stereocenters. The number of carbonyl (C=O) groups is 2. The van der Waals surface area contributed by atoms with Crippen molar-refractivity contribution < 1.29 is 23.8 Å². The Kier molecular flexibility index (Phi) is 4.18. The maximum absolute atomic E-state index is 13.6. The number of hydrogen-bond donors (Lipinski definition) is 1. The molecule has 7 heteroatoms. The van der Waals surface area contributed by atoms with Crippen LogP contribution in [0.3, 0.4) is 0 Å². The number of carboxylic acids is 1. The largest absolute Gasteiger partial charge is 0.478 e. The molecule has 0 aliphatic heterocycles. The highest BCUT2D eigenvalue weighted by Gasteiger charge is 2.17. The summed E-state index contributed by atoms with van der Waals surface area (Å²) in [6.45, 7) is 0. The lowest BCUT2D eigenvalue weighted by atomic mass is 10.00. The number of carbonyl (C=O) groups excluding carboxylic acids is 1. The fourth-order valence-electron chi connectivity index (χ4n) is 1.80. The van der Waals surface area contributed by atoms with Crippen molar-refractivity contribution in [3.8, 4) is 11.1 Å². The van der Waals surface area contributed by atoms with E-state index in [1.54, 1.807) is 0 Å². The van der Waals surface area contributed by atoms with Crippen molar-refractivity contribution in [3.05, 3.63) is 52.6 Å². The average Bonchev–Trinajstić information content (AvgIpc) is 2.47. The predicted octanol–water partition coefficient (Wildman–Crippen LogP) is 3.03. The first-order valence-electron chi connectivity index (χ1n) is 5.71. The minimum Gasteiger partial charge on any atom is -0.478 e. The summed E-state index contributed by atoms with van der Waals surface area (Å²) in [6.07, 6.45) is 1.25. The topological polar surface area (TPSA) is 76.5 Å². The van der Waals surface area contributed by atoms with E-state index in [-0.39, 0.29) is 21.8 Å². The van der Waals surface area contributed by atoms with E-state index in [0.29, 0.717) is 5.56 Å². The van der Waals surface area contributed by atoms with E-state index in [0.717, 1.165) is 13.2 Å². The second kappa shape index (κ2) is 5.88. The molecule has 0 saturated carbocycles. The van der Waals surface area contributed by atoms with Gasteiger partial charge in [-0.2, -0.15) is 0 Å². The highest BCUT2D eigenvalue weighted by molar-refractivity contribution is 6.29. The molecule has 0 saturated heterocycles. The van der Waals surface area contributed by atoms with Crippen LogP contribution in [0, 0.1) is 5.82 Å². The van der Waals surface area contributed by atoms with Gasteiger partial charge in [0.05, 0.1) is 18.2 Å². The molecule has 2 aromatic rings. The van der Waals surface area contributed by atoms with Crippen LogP contribution < -0.4 is 0 Å². The van der Waals surface area contributed by atoms with Crippen molar-refractivity contribution in [1.29, 1.82) is 0 Å². The standard InChI is InChI=1S/C14H9ClFNO4/c1-21-14(20)9-4-7(2-3-11(9)16)10-6-17-12(15)5-8(10)13(18)19/h2-6H,1H3,(H,18,19). The summed E-state index contributed by atoms with van der Waals surface area (Å²) in [7, 11) is 1.13. The smallest absolute Gasteiger partial charge is 0.340 e. The molecule has 2 rings (SSSR count). The van der Waals surface area contributed by atoms with Gasteiger partial charge in [0.15, 0.2) is 0 Å². The molecule has 0 fully saturated rings. The molecule has 0 bridgehead atoms. The molecule has 0 aliphatic rings. The maximum Gasteiger partial charge on any atom is 0.340 e. The number of rotatable bonds is 3. The van der Waals surface area contributed by atoms with Crippen molar-refractivity contribution in [2.75, 3.05) is 7.11 Å². The zero-order valence-corrected chi connectivity index (χ0v) is 11.5. The van der Waals surface area contributed by atoms with Gasteiger partial charge >= 0.3 is 11.9 Å². The van der Waals surface area contributed by atoms with Gasteiger partial charge in [0.1, 0.15) is 11.0 Å². The highest BCUT2D eigenvalue weighted by Crippen LogP contribution is 2.27. The molecule has 5 nitrogen and oxygen atoms in total. The Hall–Kier alpha value is -2.47. The zero-order valence-electron chi connectivity index (χ0n) is 10.8. The van der Waals surface area contributed by atoms with E-state index in [4.69, 9.17) is 11.6 Å². The maximum atomic E-state index is 13.6. The fourth-order valence-corrected chi connectivity index (χ4v) is 1.95. The molecule has 0 spiro atoms. The SMILES string of the molecule is COC(=O)c1cc(-c2cnc(Cl)cc2C(=O)O)ccc1F. The first kappa shape index (κ1) is 14.9. The molecule has 108 valence electrons. The number of halogens is 2. The van der Waals surface area contributed by atoms with Crippen LogP contribution in [0.1, 0.15) is 20.7 Å². The number of aromatic carboxylic acids is 1. The molecule has 0 atom stereocenters. The Balaban J connectivity index is 2.63. The number of methoxy groups -OCH3 is 1. The molecule has 1 aromatic heterocycles. The molecular weight excluding hydrogens is 301 g/mol. The van der Waals surface area contributed by atoms with E-state index in [1.807, 2.05) is 0 Å². The van der Waals surface area contributed by atoms with Gasteiger partial charge in [-0.1, -0.05) is 17.7 Å². The Morgan fingerprint density at radius 1 is 1.29 bits per heavy atom. The number of esters is 1. The lowest BCUT2D eigenvalue weighted by Crippen LogP contribution is -2.06. The van der Waals surface area contributed by atoms with Gasteiger partial charge in [-0.25, -0.2) is 19.0 Å². The third-order valence-corrected chi connectivity index (χ3v) is 2.99. The molecule has 0 aliphatic carbocycles. The summed E-state index contributed by atoms with van der Waals surface area (Å²) in [5.41, 5.74) is 0.147. The summed E-state index contributed by atoms with van der Waals surface area (Å²) >= 11 is 5.67. The summed E-state index contributed by atoms with van der Waals surface area (Å²) in [5.74, 6) is -2.82. The van der Waals surface area contributed by atoms with E-state index >= 15 is 0 Å². The van der Waals surface area contributed by atoms with Gasteiger partial charge in [-0.3, -0.25) is 0 Å². The third-order valence-electron chi connectivity index (χ3n) is 2.78. The Bertz CT molecular complexity index is 733. The second-order valence-electron chi connectivity index (χ2n) is 4.04. The summed E-state index contributed by atoms with van der Waals surface area (Å²) in [4.78, 5) is 26.5. The van der Waals surface area contributed by atoms with Crippen molar-refractivity contribution in [2.24, 2.45) is 0 Å². The van der Waals surface area contributed by atoms with Crippen LogP contribution in [0.4, 0.5) is 4.39 Å². The predicted molar refractivity (Wildman–Crippen MR) is 72.9 cm³/mol. The number of benzene rings is 1. The number of ether oxygens (including phenoxy) is 1. The normalized spacial score (nSPS) is 10.2. The molecule has 1 aromatic carbocycles. The van der Waals surface area contributed by atoms with Crippen LogP contribution in [0.2, 0.25) is 5.15 Å². The lowest BCUT2D eigenvalue weighted by molar-refractivity contribution is 0.0594. The third kappa shape index (κ3) is 3.00. The minimum atomic E-state index is -1.21. The molecule has 0 radical (unpaired) electrons. The molecule has 1 N–H and O–H groups in total. The van der Waals surface area contributed by atoms with Crippen molar-refractivity contribution in [1.82, 2.24) is 4.98 Å². The molecule has 1 heterocycles. The number of carboxylic acid groups (broad SMARTS) is 1. The molecular formula is C14H9ClFNO4. The van der Waals surface area contributed by atoms with Gasteiger partial charge in [-0.05, 0) is 23.8 Å². The van der Waals surface area contributed by atoms with Crippen molar-refractivity contribution in [3.63, 3.8) is 0 Å². The number of aromatic nitrogens is 1. The summed E-state index contributed by atoms with van der Waals surface area (Å²) in [6, 6.07) is 4.79. The van der Waals surface area contributed by atoms with Crippen molar-refractivity contribution in [2.45, 2.75) is 0 Å². The number of pyridine rings is 1. The lowest BCUT2D eigenvalue weighted by Gasteiger charge is -2.08. The highest BCUT2D eigenvalue weighted by atomic mass is 35.5. The first-order chi connectivity index (χ1) is 9.93. The van der Waals surface area contributed by atoms with Crippen LogP contribution in [0.25, 0.3) is 11.1 Å². The quantitative estimate of drug-likeness (QED) is 0.696. The monoisotopic (exact) mass is 309 g/mol. The Morgan fingerprint density at radius 3 is 2.62 bits per heavy atom. The summed E-state index contributed by atoms with van der Waals surface area (Å²) < 4.78 is 18.1. The molecule has 21 heavy (non-hydrogen) atoms. The van der Waals surface area contributed by atoms with Crippen molar-refractivity contribution >= 4 is 23.5 Å². The van der Waals surface area contributed by atoms with Crippen LogP contribution in [-0.4, -0.2) is 29.1 Å². The number of hydrogen-bond acceptors (Lipinski definition) is 4. The summed E-state index contributed by atoms with van der Waals surface area (Å²) in [5, 5.41) is 9.20. The van der Waals surface area contributed by atoms with E-state index in [1.165, 1.54) is 24.4 Å². The van der Waals surface area contributed by atoms with Crippen LogP contribution in [0.15, 0.2) is 30.5 Å². The first-order valence-corrected chi connectivity index (χ1v) is 6.09. The van der Waals surface area contributed by atoms with Gasteiger partial charge in [-0.15, -0.1) is 0 Å². The number of nitrogens with zero attached hydrogens (tertiary/aromatic N) is 1. The second-order valence-corrected chi connectivity index (χ2v) is 4.43. The molecule has 0 amide bonds. The fraction of sp³-hybridized carbons (Fsp3) is 0.0714. The van der Waals surface area contributed by atoms with Crippen LogP contribution in [0.5, 0.6) is 0 Å². The van der Waals surface area contributed by atoms with Gasteiger partial charge in [0, 0.05) is 11.8 Å².